The molecule has 9 heteroatoms. The zero-order chi connectivity index (χ0) is 19.6. The lowest BCUT2D eigenvalue weighted by atomic mass is 10.3. The van der Waals surface area contributed by atoms with Crippen molar-refractivity contribution in [1.29, 1.82) is 0 Å². The molecule has 0 heterocycles. The van der Waals surface area contributed by atoms with Crippen LogP contribution in [0.2, 0.25) is 0 Å². The van der Waals surface area contributed by atoms with Gasteiger partial charge in [-0.1, -0.05) is 12.2 Å². The minimum absolute atomic E-state index is 0.726. The van der Waals surface area contributed by atoms with Crippen molar-refractivity contribution in [2.24, 2.45) is 0 Å². The molecular formula is C15H30BF4NO3. The molecule has 0 N–H and O–H groups in total. The average Bonchev–Trinajstić information content (AvgIpc) is 2.52. The van der Waals surface area contributed by atoms with E-state index in [9.17, 15) is 22.1 Å². The first-order valence-electron chi connectivity index (χ1n) is 7.87. The Hall–Kier alpha value is -1.51. The van der Waals surface area contributed by atoms with E-state index in [-0.39, 0.29) is 0 Å². The quantitative estimate of drug-likeness (QED) is 0.210. The summed E-state index contributed by atoms with van der Waals surface area (Å²) in [6, 6.07) is 0. The molecule has 4 nitrogen and oxygen atoms in total. The molecule has 0 fully saturated rings. The van der Waals surface area contributed by atoms with E-state index in [1.54, 1.807) is 26.0 Å². The van der Waals surface area contributed by atoms with Gasteiger partial charge in [0.2, 0.25) is 0 Å². The molecule has 0 atom stereocenters. The maximum atomic E-state index is 10.4. The molecule has 0 aromatic carbocycles. The number of carbonyl (C=O) groups excluding carboxylic acids is 1. The predicted octanol–water partition coefficient (Wildman–Crippen LogP) is 5.39. The fourth-order valence-corrected chi connectivity index (χ4v) is 1.62. The van der Waals surface area contributed by atoms with Gasteiger partial charge in [-0.3, -0.25) is 0 Å². The fourth-order valence-electron chi connectivity index (χ4n) is 1.62. The lowest BCUT2D eigenvalue weighted by Crippen LogP contribution is -2.47. The molecule has 0 unspecified atom stereocenters. The summed E-state index contributed by atoms with van der Waals surface area (Å²) in [6.45, 7) is 17.7. The van der Waals surface area contributed by atoms with Crippen LogP contribution in [-0.4, -0.2) is 44.1 Å². The van der Waals surface area contributed by atoms with Crippen molar-refractivity contribution < 1.29 is 36.0 Å². The highest BCUT2D eigenvalue weighted by atomic mass is 19.5. The van der Waals surface area contributed by atoms with E-state index in [1.165, 1.54) is 43.2 Å². The molecule has 0 aliphatic heterocycles. The standard InChI is InChI=1S/C8H20N.C7H10O3.BF4/c1-5-9(6-2,7-3)8-4;1-3-5-9-7(8)10-6-4-2;2-1(3,4)5/h5-8H2,1-4H3;3-6H,1-2H3;/q+1;;-1. The molecule has 0 saturated carbocycles. The highest BCUT2D eigenvalue weighted by molar-refractivity contribution is 6.50. The van der Waals surface area contributed by atoms with E-state index in [4.69, 9.17) is 0 Å². The Bertz CT molecular complexity index is 318. The van der Waals surface area contributed by atoms with Crippen LogP contribution in [0.3, 0.4) is 0 Å². The summed E-state index contributed by atoms with van der Waals surface area (Å²) in [6.07, 6.45) is 4.97. The Morgan fingerprint density at radius 1 is 0.833 bits per heavy atom. The van der Waals surface area contributed by atoms with E-state index in [0.717, 1.165) is 0 Å². The van der Waals surface area contributed by atoms with Crippen LogP contribution in [0.1, 0.15) is 41.5 Å². The van der Waals surface area contributed by atoms with E-state index >= 15 is 0 Å². The third-order valence-corrected chi connectivity index (χ3v) is 3.28. The largest absolute Gasteiger partial charge is 0.673 e. The number of allylic oxidation sites excluding steroid dienone is 2. The first-order chi connectivity index (χ1) is 11.1. The molecule has 0 aromatic rings. The number of halogens is 4. The topological polar surface area (TPSA) is 35.5 Å². The normalized spacial score (nSPS) is 11.4. The second-order valence-corrected chi connectivity index (χ2v) is 4.53. The molecule has 0 spiro atoms. The lowest BCUT2D eigenvalue weighted by Gasteiger charge is -2.34. The summed E-state index contributed by atoms with van der Waals surface area (Å²) in [5.41, 5.74) is 0. The zero-order valence-corrected chi connectivity index (χ0v) is 15.4. The molecular weight excluding hydrogens is 329 g/mol. The van der Waals surface area contributed by atoms with Crippen LogP contribution in [0.4, 0.5) is 22.1 Å². The molecule has 0 rings (SSSR count). The third-order valence-electron chi connectivity index (χ3n) is 3.28. The molecule has 0 amide bonds. The minimum atomic E-state index is -6.00. The third kappa shape index (κ3) is 22.8. The van der Waals surface area contributed by atoms with Crippen LogP contribution in [0.5, 0.6) is 0 Å². The van der Waals surface area contributed by atoms with Gasteiger partial charge in [0.05, 0.1) is 38.7 Å². The van der Waals surface area contributed by atoms with Crippen molar-refractivity contribution in [2.45, 2.75) is 41.5 Å². The number of carbonyl (C=O) groups is 1. The highest BCUT2D eigenvalue weighted by Gasteiger charge is 2.20. The molecule has 0 radical (unpaired) electrons. The first-order valence-corrected chi connectivity index (χ1v) is 7.87. The van der Waals surface area contributed by atoms with Gasteiger partial charge in [-0.2, -0.15) is 0 Å². The Kier molecular flexibility index (Phi) is 18.6. The Morgan fingerprint density at radius 3 is 1.21 bits per heavy atom. The number of hydrogen-bond donors (Lipinski definition) is 0. The van der Waals surface area contributed by atoms with Gasteiger partial charge >= 0.3 is 13.4 Å². The smallest absolute Gasteiger partial charge is 0.418 e. The van der Waals surface area contributed by atoms with Gasteiger partial charge in [0.25, 0.3) is 0 Å². The van der Waals surface area contributed by atoms with E-state index < -0.39 is 13.4 Å². The van der Waals surface area contributed by atoms with Crippen molar-refractivity contribution in [3.63, 3.8) is 0 Å². The van der Waals surface area contributed by atoms with Crippen LogP contribution in [0.15, 0.2) is 24.7 Å². The fraction of sp³-hybridized carbons (Fsp3) is 0.667. The van der Waals surface area contributed by atoms with Gasteiger partial charge in [-0.25, -0.2) is 4.79 Å². The monoisotopic (exact) mass is 359 g/mol. The summed E-state index contributed by atoms with van der Waals surface area (Å²) in [4.78, 5) is 10.4. The second kappa shape index (κ2) is 16.4. The molecule has 0 bridgehead atoms. The maximum Gasteiger partial charge on any atom is 0.673 e. The Morgan fingerprint density at radius 2 is 1.08 bits per heavy atom. The van der Waals surface area contributed by atoms with E-state index in [1.807, 2.05) is 0 Å². The average molecular weight is 359 g/mol. The maximum absolute atomic E-state index is 10.4. The van der Waals surface area contributed by atoms with Crippen LogP contribution in [-0.2, 0) is 9.47 Å². The van der Waals surface area contributed by atoms with Crippen LogP contribution >= 0.6 is 0 Å². The second-order valence-electron chi connectivity index (χ2n) is 4.53. The molecule has 0 saturated heterocycles. The Labute approximate surface area is 142 Å². The SMILES string of the molecule is CC=COC(=O)OC=CC.CC[N+](CC)(CC)CC.F[B-](F)(F)F. The summed E-state index contributed by atoms with van der Waals surface area (Å²) in [5, 5.41) is 0. The van der Waals surface area contributed by atoms with Gasteiger partial charge in [0, 0.05) is 0 Å². The molecule has 24 heavy (non-hydrogen) atoms. The molecule has 0 aliphatic rings. The van der Waals surface area contributed by atoms with Crippen molar-refractivity contribution >= 4 is 13.4 Å². The molecule has 0 aliphatic carbocycles. The van der Waals surface area contributed by atoms with Crippen LogP contribution in [0, 0.1) is 0 Å². The lowest BCUT2D eigenvalue weighted by molar-refractivity contribution is -0.921. The van der Waals surface area contributed by atoms with Gasteiger partial charge in [0.15, 0.2) is 0 Å². The van der Waals surface area contributed by atoms with Gasteiger partial charge in [-0.05, 0) is 41.5 Å². The molecule has 144 valence electrons. The molecule has 0 aromatic heterocycles. The van der Waals surface area contributed by atoms with E-state index in [0.29, 0.717) is 0 Å². The highest BCUT2D eigenvalue weighted by Crippen LogP contribution is 2.06. The van der Waals surface area contributed by atoms with Crippen molar-refractivity contribution in [3.05, 3.63) is 24.7 Å². The number of nitrogens with zero attached hydrogens (tertiary/aromatic N) is 1. The number of ether oxygens (including phenoxy) is 2. The van der Waals surface area contributed by atoms with Crippen molar-refractivity contribution in [1.82, 2.24) is 0 Å². The van der Waals surface area contributed by atoms with Crippen LogP contribution in [0.25, 0.3) is 0 Å². The predicted molar refractivity (Wildman–Crippen MR) is 89.8 cm³/mol. The number of hydrogen-bond acceptors (Lipinski definition) is 3. The summed E-state index contributed by atoms with van der Waals surface area (Å²) in [7, 11) is -6.00. The van der Waals surface area contributed by atoms with Gasteiger partial charge < -0.3 is 31.2 Å². The van der Waals surface area contributed by atoms with Crippen LogP contribution < -0.4 is 0 Å². The van der Waals surface area contributed by atoms with Crippen molar-refractivity contribution in [2.75, 3.05) is 26.2 Å². The number of quaternary nitrogens is 1. The van der Waals surface area contributed by atoms with Gasteiger partial charge in [0.1, 0.15) is 0 Å². The zero-order valence-electron chi connectivity index (χ0n) is 15.4. The summed E-state index contributed by atoms with van der Waals surface area (Å²) < 4.78 is 49.1. The van der Waals surface area contributed by atoms with Crippen molar-refractivity contribution in [3.8, 4) is 0 Å². The number of rotatable bonds is 6. The first kappa shape index (κ1) is 27.3. The summed E-state index contributed by atoms with van der Waals surface area (Å²) in [5.74, 6) is 0. The van der Waals surface area contributed by atoms with E-state index in [2.05, 4.69) is 37.2 Å². The van der Waals surface area contributed by atoms with Gasteiger partial charge in [-0.15, -0.1) is 0 Å². The summed E-state index contributed by atoms with van der Waals surface area (Å²) >= 11 is 0. The minimum Gasteiger partial charge on any atom is -0.418 e. The Balaban J connectivity index is -0.000000291.